The predicted molar refractivity (Wildman–Crippen MR) is 85.4 cm³/mol. The number of carbonyl (C=O) groups excluding carboxylic acids is 2. The van der Waals surface area contributed by atoms with Crippen LogP contribution in [-0.4, -0.2) is 28.9 Å². The first-order valence-corrected chi connectivity index (χ1v) is 6.75. The minimum absolute atomic E-state index is 0.0405. The van der Waals surface area contributed by atoms with Crippen molar-refractivity contribution in [2.75, 3.05) is 0 Å². The highest BCUT2D eigenvalue weighted by Gasteiger charge is 2.18. The molecule has 0 spiro atoms. The largest absolute Gasteiger partial charge is 0.434 e. The summed E-state index contributed by atoms with van der Waals surface area (Å²) in [4.78, 5) is 43.1. The number of hydrogen-bond acceptors (Lipinski definition) is 8. The first kappa shape index (κ1) is 17.6. The Morgan fingerprint density at radius 3 is 1.32 bits per heavy atom. The molecule has 0 saturated carbocycles. The summed E-state index contributed by atoms with van der Waals surface area (Å²) in [6, 6.07) is 9.48. The van der Waals surface area contributed by atoms with Crippen LogP contribution in [0, 0.1) is 20.2 Å². The molecule has 0 aliphatic carbocycles. The Kier molecular flexibility index (Phi) is 5.41. The van der Waals surface area contributed by atoms with Gasteiger partial charge in [-0.05, 0) is 24.3 Å². The molecule has 126 valence electrons. The fraction of sp³-hybridized carbons (Fsp3) is 0. The summed E-state index contributed by atoms with van der Waals surface area (Å²) in [6.45, 7) is 0. The van der Waals surface area contributed by atoms with E-state index >= 15 is 0 Å². The highest BCUT2D eigenvalue weighted by molar-refractivity contribution is 6.95. The summed E-state index contributed by atoms with van der Waals surface area (Å²) in [5.74, 6) is -1.75. The van der Waals surface area contributed by atoms with Crippen molar-refractivity contribution in [2.45, 2.75) is 0 Å². The van der Waals surface area contributed by atoms with Crippen LogP contribution in [0.1, 0.15) is 0 Å². The monoisotopic (exact) mass is 344 g/mol. The third-order valence-electron chi connectivity index (χ3n) is 2.85. The summed E-state index contributed by atoms with van der Waals surface area (Å²) in [6.07, 6.45) is 0. The molecule has 0 heterocycles. The van der Waals surface area contributed by atoms with Crippen molar-refractivity contribution in [3.8, 4) is 11.5 Å². The molecule has 0 aliphatic heterocycles. The average Bonchev–Trinajstić information content (AvgIpc) is 2.55. The molecule has 0 unspecified atom stereocenters. The van der Waals surface area contributed by atoms with Crippen LogP contribution < -0.4 is 9.47 Å². The lowest BCUT2D eigenvalue weighted by atomic mass is 9.79. The molecule has 0 aromatic heterocycles. The topological polar surface area (TPSA) is 139 Å². The van der Waals surface area contributed by atoms with Crippen LogP contribution in [0.25, 0.3) is 0 Å². The van der Waals surface area contributed by atoms with E-state index < -0.39 is 28.9 Å². The standard InChI is InChI=1S/C14H9BN2O8/c18-13(24-11-5-1-9(2-6-11)16(20)21)15-14(19)25-12-7-3-10(4-8-12)17(22)23/h1-8,15H. The number of non-ortho nitro benzene ring substituents is 2. The zero-order valence-corrected chi connectivity index (χ0v) is 12.5. The molecule has 25 heavy (non-hydrogen) atoms. The third kappa shape index (κ3) is 5.13. The Hall–Kier alpha value is -3.76. The number of carbonyl (C=O) groups is 2. The fourth-order valence-corrected chi connectivity index (χ4v) is 1.72. The summed E-state index contributed by atoms with van der Waals surface area (Å²) in [5, 5.41) is 21.0. The van der Waals surface area contributed by atoms with Gasteiger partial charge in [0.15, 0.2) is 0 Å². The van der Waals surface area contributed by atoms with Crippen molar-refractivity contribution in [2.24, 2.45) is 0 Å². The van der Waals surface area contributed by atoms with Gasteiger partial charge in [0.1, 0.15) is 11.5 Å². The predicted octanol–water partition coefficient (Wildman–Crippen LogP) is 2.64. The molecule has 2 aromatic rings. The molecule has 0 aliphatic rings. The minimum Gasteiger partial charge on any atom is -0.434 e. The van der Waals surface area contributed by atoms with Crippen molar-refractivity contribution < 1.29 is 28.9 Å². The van der Waals surface area contributed by atoms with E-state index in [-0.39, 0.29) is 22.9 Å². The second-order valence-corrected chi connectivity index (χ2v) is 4.63. The molecule has 0 N–H and O–H groups in total. The zero-order valence-electron chi connectivity index (χ0n) is 12.5. The van der Waals surface area contributed by atoms with Gasteiger partial charge in [0, 0.05) is 24.3 Å². The highest BCUT2D eigenvalue weighted by atomic mass is 16.6. The molecule has 2 rings (SSSR count). The number of nitro groups is 2. The van der Waals surface area contributed by atoms with Crippen LogP contribution in [0.2, 0.25) is 0 Å². The molecular formula is C14H9BN2O8. The molecule has 0 bridgehead atoms. The quantitative estimate of drug-likeness (QED) is 0.442. The second kappa shape index (κ2) is 7.68. The van der Waals surface area contributed by atoms with Gasteiger partial charge in [-0.1, -0.05) is 0 Å². The number of nitro benzene ring substituents is 2. The van der Waals surface area contributed by atoms with E-state index in [1.54, 1.807) is 0 Å². The van der Waals surface area contributed by atoms with Crippen LogP contribution in [0.3, 0.4) is 0 Å². The molecule has 0 atom stereocenters. The molecule has 11 heteroatoms. The summed E-state index contributed by atoms with van der Waals surface area (Å²) < 4.78 is 9.71. The molecular weight excluding hydrogens is 335 g/mol. The maximum Gasteiger partial charge on any atom is 0.393 e. The lowest BCUT2D eigenvalue weighted by Gasteiger charge is -2.04. The van der Waals surface area contributed by atoms with Crippen LogP contribution in [-0.2, 0) is 0 Å². The fourth-order valence-electron chi connectivity index (χ4n) is 1.72. The Bertz CT molecular complexity index is 750. The van der Waals surface area contributed by atoms with Crippen LogP contribution in [0.5, 0.6) is 11.5 Å². The van der Waals surface area contributed by atoms with E-state index in [0.717, 1.165) is 24.3 Å². The summed E-state index contributed by atoms with van der Waals surface area (Å²) in [5.41, 5.74) is -0.338. The normalized spacial score (nSPS) is 9.76. The zero-order chi connectivity index (χ0) is 18.4. The van der Waals surface area contributed by atoms with Gasteiger partial charge in [-0.15, -0.1) is 0 Å². The SMILES string of the molecule is O=C(BC(=O)Oc1ccc([N+](=O)[O-])cc1)Oc1ccc([N+](=O)[O-])cc1. The Labute approximate surface area is 140 Å². The third-order valence-corrected chi connectivity index (χ3v) is 2.85. The smallest absolute Gasteiger partial charge is 0.393 e. The number of rotatable bonds is 6. The molecule has 0 saturated heterocycles. The number of ether oxygens (including phenoxy) is 2. The molecule has 0 radical (unpaired) electrons. The van der Waals surface area contributed by atoms with Crippen LogP contribution in [0.15, 0.2) is 48.5 Å². The van der Waals surface area contributed by atoms with Gasteiger partial charge in [-0.25, -0.2) is 0 Å². The lowest BCUT2D eigenvalue weighted by Crippen LogP contribution is -2.26. The molecule has 0 amide bonds. The highest BCUT2D eigenvalue weighted by Crippen LogP contribution is 2.19. The van der Waals surface area contributed by atoms with Crippen LogP contribution >= 0.6 is 0 Å². The van der Waals surface area contributed by atoms with Gasteiger partial charge < -0.3 is 9.47 Å². The van der Waals surface area contributed by atoms with E-state index in [1.165, 1.54) is 24.3 Å². The van der Waals surface area contributed by atoms with E-state index in [0.29, 0.717) is 0 Å². The lowest BCUT2D eigenvalue weighted by molar-refractivity contribution is -0.385. The number of benzene rings is 2. The van der Waals surface area contributed by atoms with Gasteiger partial charge in [0.2, 0.25) is 0 Å². The van der Waals surface area contributed by atoms with E-state index in [2.05, 4.69) is 0 Å². The van der Waals surface area contributed by atoms with Gasteiger partial charge in [-0.2, -0.15) is 0 Å². The van der Waals surface area contributed by atoms with E-state index in [9.17, 15) is 29.8 Å². The Morgan fingerprint density at radius 1 is 0.720 bits per heavy atom. The van der Waals surface area contributed by atoms with Gasteiger partial charge in [0.25, 0.3) is 23.1 Å². The Balaban J connectivity index is 1.88. The molecule has 0 fully saturated rings. The van der Waals surface area contributed by atoms with E-state index in [4.69, 9.17) is 9.47 Å². The summed E-state index contributed by atoms with van der Waals surface area (Å²) in [7, 11) is -0.700. The first-order valence-electron chi connectivity index (χ1n) is 6.75. The van der Waals surface area contributed by atoms with Crippen molar-refractivity contribution in [1.82, 2.24) is 0 Å². The maximum absolute atomic E-state index is 11.6. The van der Waals surface area contributed by atoms with E-state index in [1.807, 2.05) is 0 Å². The maximum atomic E-state index is 11.6. The Morgan fingerprint density at radius 2 is 1.04 bits per heavy atom. The second-order valence-electron chi connectivity index (χ2n) is 4.63. The van der Waals surface area contributed by atoms with Crippen molar-refractivity contribution in [3.05, 3.63) is 68.8 Å². The van der Waals surface area contributed by atoms with Crippen molar-refractivity contribution in [1.29, 1.82) is 0 Å². The van der Waals surface area contributed by atoms with Gasteiger partial charge in [0.05, 0.1) is 9.85 Å². The van der Waals surface area contributed by atoms with Crippen molar-refractivity contribution >= 4 is 30.4 Å². The first-order chi connectivity index (χ1) is 11.8. The molecule has 2 aromatic carbocycles. The summed E-state index contributed by atoms with van der Waals surface area (Å²) >= 11 is 0. The van der Waals surface area contributed by atoms with Crippen molar-refractivity contribution in [3.63, 3.8) is 0 Å². The number of hydrogen-bond donors (Lipinski definition) is 0. The average molecular weight is 344 g/mol. The van der Waals surface area contributed by atoms with Gasteiger partial charge in [-0.3, -0.25) is 29.8 Å². The van der Waals surface area contributed by atoms with Gasteiger partial charge >= 0.3 is 7.28 Å². The minimum atomic E-state index is -0.916. The van der Waals surface area contributed by atoms with Crippen LogP contribution in [0.4, 0.5) is 21.0 Å². The number of nitrogens with zero attached hydrogens (tertiary/aromatic N) is 2. The molecule has 10 nitrogen and oxygen atoms in total.